The Morgan fingerprint density at radius 2 is 2.12 bits per heavy atom. The normalized spacial score (nSPS) is 10.6. The van der Waals surface area contributed by atoms with Gasteiger partial charge in [-0.15, -0.1) is 10.2 Å². The minimum absolute atomic E-state index is 0.141. The van der Waals surface area contributed by atoms with Crippen molar-refractivity contribution in [3.8, 4) is 17.2 Å². The molecule has 2 aromatic carbocycles. The smallest absolute Gasteiger partial charge is 0.277 e. The van der Waals surface area contributed by atoms with Crippen LogP contribution in [0.5, 0.6) is 5.75 Å². The van der Waals surface area contributed by atoms with E-state index < -0.39 is 0 Å². The van der Waals surface area contributed by atoms with Crippen LogP contribution >= 0.6 is 27.7 Å². The third kappa shape index (κ3) is 4.64. The number of amides is 1. The molecule has 0 aliphatic carbocycles. The quantitative estimate of drug-likeness (QED) is 0.574. The number of nitrogens with one attached hydrogen (secondary N) is 1. The Morgan fingerprint density at radius 3 is 2.88 bits per heavy atom. The van der Waals surface area contributed by atoms with E-state index in [2.05, 4.69) is 31.4 Å². The van der Waals surface area contributed by atoms with E-state index in [1.165, 1.54) is 11.8 Å². The van der Waals surface area contributed by atoms with Gasteiger partial charge < -0.3 is 14.5 Å². The molecule has 3 rings (SSSR count). The van der Waals surface area contributed by atoms with E-state index in [0.717, 1.165) is 21.3 Å². The van der Waals surface area contributed by atoms with Gasteiger partial charge in [-0.1, -0.05) is 33.8 Å². The van der Waals surface area contributed by atoms with Crippen LogP contribution in [0.3, 0.4) is 0 Å². The lowest BCUT2D eigenvalue weighted by molar-refractivity contribution is -0.113. The van der Waals surface area contributed by atoms with Gasteiger partial charge in [-0.05, 0) is 48.9 Å². The van der Waals surface area contributed by atoms with E-state index in [0.29, 0.717) is 16.9 Å². The van der Waals surface area contributed by atoms with Gasteiger partial charge in [0.15, 0.2) is 0 Å². The standard InChI is InChI=1S/C18H16BrN3O3S/c1-11-8-13(6-7-15(11)19)20-16(23)10-26-18-22-21-17(25-18)12-4-3-5-14(9-12)24-2/h3-9H,10H2,1-2H3,(H,20,23). The Kier molecular flexibility index (Phi) is 5.95. The van der Waals surface area contributed by atoms with Crippen molar-refractivity contribution in [2.45, 2.75) is 12.1 Å². The Hall–Kier alpha value is -2.32. The number of nitrogens with zero attached hydrogens (tertiary/aromatic N) is 2. The van der Waals surface area contributed by atoms with Crippen LogP contribution < -0.4 is 10.1 Å². The molecule has 134 valence electrons. The molecule has 3 aromatic rings. The number of halogens is 1. The third-order valence-electron chi connectivity index (χ3n) is 3.49. The third-order valence-corrected chi connectivity index (χ3v) is 5.20. The molecule has 0 spiro atoms. The maximum Gasteiger partial charge on any atom is 0.277 e. The average molecular weight is 434 g/mol. The van der Waals surface area contributed by atoms with Crippen molar-refractivity contribution in [1.82, 2.24) is 10.2 Å². The zero-order valence-electron chi connectivity index (χ0n) is 14.2. The number of aryl methyl sites for hydroxylation is 1. The summed E-state index contributed by atoms with van der Waals surface area (Å²) in [5.74, 6) is 1.13. The topological polar surface area (TPSA) is 77.2 Å². The van der Waals surface area contributed by atoms with Crippen molar-refractivity contribution in [2.24, 2.45) is 0 Å². The van der Waals surface area contributed by atoms with Crippen LogP contribution in [0.1, 0.15) is 5.56 Å². The molecule has 0 saturated carbocycles. The monoisotopic (exact) mass is 433 g/mol. The first-order chi connectivity index (χ1) is 12.5. The number of thioether (sulfide) groups is 1. The van der Waals surface area contributed by atoms with Crippen molar-refractivity contribution in [2.75, 3.05) is 18.2 Å². The van der Waals surface area contributed by atoms with Crippen LogP contribution in [-0.4, -0.2) is 29.0 Å². The second-order valence-electron chi connectivity index (χ2n) is 5.41. The predicted octanol–water partition coefficient (Wildman–Crippen LogP) is 4.55. The van der Waals surface area contributed by atoms with Gasteiger partial charge in [0.2, 0.25) is 11.8 Å². The summed E-state index contributed by atoms with van der Waals surface area (Å²) in [6, 6.07) is 13.0. The Balaban J connectivity index is 1.58. The summed E-state index contributed by atoms with van der Waals surface area (Å²) in [5, 5.41) is 11.2. The maximum absolute atomic E-state index is 12.1. The lowest BCUT2D eigenvalue weighted by Gasteiger charge is -2.06. The fourth-order valence-electron chi connectivity index (χ4n) is 2.19. The molecule has 0 saturated heterocycles. The minimum atomic E-state index is -0.141. The molecule has 1 aromatic heterocycles. The number of methoxy groups -OCH3 is 1. The minimum Gasteiger partial charge on any atom is -0.497 e. The first kappa shape index (κ1) is 18.5. The SMILES string of the molecule is COc1cccc(-c2nnc(SCC(=O)Nc3ccc(Br)c(C)c3)o2)c1. The molecule has 1 amide bonds. The molecule has 0 atom stereocenters. The fourth-order valence-corrected chi connectivity index (χ4v) is 3.00. The van der Waals surface area contributed by atoms with Gasteiger partial charge in [-0.3, -0.25) is 4.79 Å². The lowest BCUT2D eigenvalue weighted by atomic mass is 10.2. The van der Waals surface area contributed by atoms with Crippen molar-refractivity contribution >= 4 is 39.3 Å². The molecule has 6 nitrogen and oxygen atoms in total. The van der Waals surface area contributed by atoms with Gasteiger partial charge in [-0.25, -0.2) is 0 Å². The molecular formula is C18H16BrN3O3S. The number of rotatable bonds is 6. The lowest BCUT2D eigenvalue weighted by Crippen LogP contribution is -2.14. The molecule has 0 aliphatic heterocycles. The highest BCUT2D eigenvalue weighted by Gasteiger charge is 2.12. The zero-order valence-corrected chi connectivity index (χ0v) is 16.6. The Morgan fingerprint density at radius 1 is 1.27 bits per heavy atom. The fraction of sp³-hybridized carbons (Fsp3) is 0.167. The van der Waals surface area contributed by atoms with E-state index >= 15 is 0 Å². The van der Waals surface area contributed by atoms with Gasteiger partial charge in [-0.2, -0.15) is 0 Å². The van der Waals surface area contributed by atoms with Crippen LogP contribution in [0.4, 0.5) is 5.69 Å². The van der Waals surface area contributed by atoms with Crippen LogP contribution in [0.2, 0.25) is 0 Å². The summed E-state index contributed by atoms with van der Waals surface area (Å²) in [6.45, 7) is 1.97. The van der Waals surface area contributed by atoms with E-state index in [1.807, 2.05) is 49.4 Å². The second-order valence-corrected chi connectivity index (χ2v) is 7.19. The van der Waals surface area contributed by atoms with Crippen molar-refractivity contribution < 1.29 is 13.9 Å². The van der Waals surface area contributed by atoms with E-state index in [4.69, 9.17) is 9.15 Å². The number of hydrogen-bond acceptors (Lipinski definition) is 6. The average Bonchev–Trinajstić information content (AvgIpc) is 3.12. The van der Waals surface area contributed by atoms with Gasteiger partial charge in [0, 0.05) is 15.7 Å². The Bertz CT molecular complexity index is 930. The van der Waals surface area contributed by atoms with E-state index in [1.54, 1.807) is 7.11 Å². The number of carbonyl (C=O) groups excluding carboxylic acids is 1. The molecule has 1 N–H and O–H groups in total. The summed E-state index contributed by atoms with van der Waals surface area (Å²) in [6.07, 6.45) is 0. The summed E-state index contributed by atoms with van der Waals surface area (Å²) in [4.78, 5) is 12.1. The molecular weight excluding hydrogens is 418 g/mol. The molecule has 8 heteroatoms. The van der Waals surface area contributed by atoms with Crippen molar-refractivity contribution in [1.29, 1.82) is 0 Å². The number of benzene rings is 2. The Labute approximate surface area is 163 Å². The maximum atomic E-state index is 12.1. The van der Waals surface area contributed by atoms with Crippen LogP contribution in [-0.2, 0) is 4.79 Å². The first-order valence-corrected chi connectivity index (χ1v) is 9.50. The number of anilines is 1. The summed E-state index contributed by atoms with van der Waals surface area (Å²) >= 11 is 4.62. The summed E-state index contributed by atoms with van der Waals surface area (Å²) < 4.78 is 11.8. The van der Waals surface area contributed by atoms with Crippen LogP contribution in [0.15, 0.2) is 56.6 Å². The predicted molar refractivity (Wildman–Crippen MR) is 105 cm³/mol. The second kappa shape index (κ2) is 8.37. The van der Waals surface area contributed by atoms with E-state index in [9.17, 15) is 4.79 Å². The highest BCUT2D eigenvalue weighted by molar-refractivity contribution is 9.10. The van der Waals surface area contributed by atoms with Gasteiger partial charge in [0.05, 0.1) is 12.9 Å². The molecule has 0 unspecified atom stereocenters. The van der Waals surface area contributed by atoms with Gasteiger partial charge >= 0.3 is 0 Å². The number of ether oxygens (including phenoxy) is 1. The number of carbonyl (C=O) groups is 1. The summed E-state index contributed by atoms with van der Waals surface area (Å²) in [5.41, 5.74) is 2.56. The number of hydrogen-bond donors (Lipinski definition) is 1. The molecule has 26 heavy (non-hydrogen) atoms. The summed E-state index contributed by atoms with van der Waals surface area (Å²) in [7, 11) is 1.60. The zero-order chi connectivity index (χ0) is 18.5. The first-order valence-electron chi connectivity index (χ1n) is 7.72. The molecule has 1 heterocycles. The highest BCUT2D eigenvalue weighted by Crippen LogP contribution is 2.26. The molecule has 0 radical (unpaired) electrons. The largest absolute Gasteiger partial charge is 0.497 e. The van der Waals surface area contributed by atoms with E-state index in [-0.39, 0.29) is 11.7 Å². The highest BCUT2D eigenvalue weighted by atomic mass is 79.9. The van der Waals surface area contributed by atoms with Gasteiger partial charge in [0.25, 0.3) is 5.22 Å². The van der Waals surface area contributed by atoms with Crippen LogP contribution in [0.25, 0.3) is 11.5 Å². The molecule has 0 aliphatic rings. The van der Waals surface area contributed by atoms with Crippen LogP contribution in [0, 0.1) is 6.92 Å². The molecule has 0 fully saturated rings. The van der Waals surface area contributed by atoms with Crippen molar-refractivity contribution in [3.63, 3.8) is 0 Å². The van der Waals surface area contributed by atoms with Gasteiger partial charge in [0.1, 0.15) is 5.75 Å². The molecule has 0 bridgehead atoms. The number of aromatic nitrogens is 2. The van der Waals surface area contributed by atoms with Crippen molar-refractivity contribution in [3.05, 3.63) is 52.5 Å².